The summed E-state index contributed by atoms with van der Waals surface area (Å²) in [4.78, 5) is 11.8. The average molecular weight is 156 g/mol. The Bertz CT molecular complexity index is 103. The smallest absolute Gasteiger partial charge is 0.255 e. The molecule has 0 aromatic rings. The number of hydrogen-bond donors (Lipinski definition) is 0. The molecule has 0 radical (unpaired) electrons. The summed E-state index contributed by atoms with van der Waals surface area (Å²) < 4.78 is 31.6. The van der Waals surface area contributed by atoms with Crippen molar-refractivity contribution >= 4 is 5.97 Å². The van der Waals surface area contributed by atoms with E-state index in [2.05, 4.69) is 11.5 Å². The molecular formula is C5H7F3O2. The molecule has 0 fully saturated rings. The Labute approximate surface area is 56.2 Å². The van der Waals surface area contributed by atoms with Crippen LogP contribution in [0.1, 0.15) is 6.92 Å². The van der Waals surface area contributed by atoms with Gasteiger partial charge in [-0.25, -0.2) is 13.6 Å². The van der Waals surface area contributed by atoms with Crippen molar-refractivity contribution in [1.29, 1.82) is 0 Å². The molecule has 5 heteroatoms. The van der Waals surface area contributed by atoms with Crippen LogP contribution in [-0.2, 0) is 9.74 Å². The number of carbonyl (C=O) groups is 1. The third kappa shape index (κ3) is 28.0. The van der Waals surface area contributed by atoms with Crippen molar-refractivity contribution in [3.63, 3.8) is 0 Å². The van der Waals surface area contributed by atoms with Gasteiger partial charge in [0.05, 0.1) is 0 Å². The highest BCUT2D eigenvalue weighted by molar-refractivity contribution is 5.64. The van der Waals surface area contributed by atoms with Crippen molar-refractivity contribution in [1.82, 2.24) is 0 Å². The number of rotatable bonds is 1. The van der Waals surface area contributed by atoms with Gasteiger partial charge in [-0.3, -0.25) is 4.94 Å². The summed E-state index contributed by atoms with van der Waals surface area (Å²) in [5.74, 6) is -0.912. The summed E-state index contributed by atoms with van der Waals surface area (Å²) in [5, 5.41) is 0. The highest BCUT2D eigenvalue weighted by Gasteiger charge is 1.85. The lowest BCUT2D eigenvalue weighted by molar-refractivity contribution is -0.180. The lowest BCUT2D eigenvalue weighted by Gasteiger charge is -1.75. The molecule has 0 N–H and O–H groups in total. The first-order valence-corrected chi connectivity index (χ1v) is 2.24. The lowest BCUT2D eigenvalue weighted by Crippen LogP contribution is -1.83. The van der Waals surface area contributed by atoms with Crippen molar-refractivity contribution in [2.24, 2.45) is 0 Å². The Morgan fingerprint density at radius 2 is 1.90 bits per heavy atom. The second-order valence-electron chi connectivity index (χ2n) is 1.14. The highest BCUT2D eigenvalue weighted by atomic mass is 19.3. The molecule has 0 aromatic carbocycles. The molecule has 0 aliphatic rings. The molecule has 0 saturated heterocycles. The number of halogens is 3. The fraction of sp³-hybridized carbons (Fsp3) is 0.400. The molecule has 0 heterocycles. The normalized spacial score (nSPS) is 7.70. The number of allylic oxidation sites excluding steroid dienone is 1. The summed E-state index contributed by atoms with van der Waals surface area (Å²) in [6, 6.07) is 0. The van der Waals surface area contributed by atoms with Crippen LogP contribution in [0.25, 0.3) is 0 Å². The van der Waals surface area contributed by atoms with Crippen LogP contribution in [-0.4, -0.2) is 12.4 Å². The van der Waals surface area contributed by atoms with E-state index >= 15 is 0 Å². The SMILES string of the molecule is C=CC(F)F.CC(=O)OF. The Kier molecular flexibility index (Phi) is 9.40. The zero-order valence-corrected chi connectivity index (χ0v) is 5.31. The molecule has 2 nitrogen and oxygen atoms in total. The van der Waals surface area contributed by atoms with Gasteiger partial charge in [-0.2, -0.15) is 0 Å². The minimum atomic E-state index is -2.35. The van der Waals surface area contributed by atoms with Gasteiger partial charge in [0.1, 0.15) is 0 Å². The van der Waals surface area contributed by atoms with Gasteiger partial charge in [0.25, 0.3) is 6.43 Å². The van der Waals surface area contributed by atoms with Crippen molar-refractivity contribution < 1.29 is 23.0 Å². The van der Waals surface area contributed by atoms with Gasteiger partial charge < -0.3 is 0 Å². The maximum atomic E-state index is 10.6. The Balaban J connectivity index is 0. The molecule has 10 heavy (non-hydrogen) atoms. The molecule has 0 bridgehead atoms. The summed E-state index contributed by atoms with van der Waals surface area (Å²) >= 11 is 0. The van der Waals surface area contributed by atoms with Gasteiger partial charge in [-0.1, -0.05) is 6.58 Å². The fourth-order valence-corrected chi connectivity index (χ4v) is 0. The van der Waals surface area contributed by atoms with E-state index in [0.29, 0.717) is 6.08 Å². The molecule has 60 valence electrons. The van der Waals surface area contributed by atoms with Crippen LogP contribution in [0.2, 0.25) is 0 Å². The van der Waals surface area contributed by atoms with Gasteiger partial charge in [-0.15, -0.1) is 0 Å². The second kappa shape index (κ2) is 8.00. The van der Waals surface area contributed by atoms with Crippen LogP contribution in [0.4, 0.5) is 13.3 Å². The predicted molar refractivity (Wildman–Crippen MR) is 29.1 cm³/mol. The molecule has 0 rings (SSSR count). The monoisotopic (exact) mass is 156 g/mol. The Morgan fingerprint density at radius 1 is 1.70 bits per heavy atom. The second-order valence-corrected chi connectivity index (χ2v) is 1.14. The average Bonchev–Trinajstić information content (AvgIpc) is 1.89. The standard InChI is InChI=1S/C3H4F2.C2H3FO2/c1-2-3(4)5;1-2(4)5-3/h2-3H,1H2;1H3. The van der Waals surface area contributed by atoms with E-state index in [4.69, 9.17) is 0 Å². The minimum Gasteiger partial charge on any atom is -0.255 e. The molecule has 0 aliphatic heterocycles. The number of carbonyl (C=O) groups excluding carboxylic acids is 1. The van der Waals surface area contributed by atoms with Gasteiger partial charge in [0.2, 0.25) is 0 Å². The minimum absolute atomic E-state index is 0.583. The van der Waals surface area contributed by atoms with Crippen LogP contribution < -0.4 is 0 Å². The van der Waals surface area contributed by atoms with E-state index in [0.717, 1.165) is 6.92 Å². The van der Waals surface area contributed by atoms with Gasteiger partial charge in [0.15, 0.2) is 0 Å². The fourth-order valence-electron chi connectivity index (χ4n) is 0. The van der Waals surface area contributed by atoms with E-state index < -0.39 is 12.4 Å². The highest BCUT2D eigenvalue weighted by Crippen LogP contribution is 1.87. The maximum absolute atomic E-state index is 10.6. The molecule has 0 unspecified atom stereocenters. The topological polar surface area (TPSA) is 26.3 Å². The Hall–Kier alpha value is -1.00. The van der Waals surface area contributed by atoms with Crippen LogP contribution >= 0.6 is 0 Å². The van der Waals surface area contributed by atoms with E-state index in [-0.39, 0.29) is 0 Å². The van der Waals surface area contributed by atoms with Crippen LogP contribution in [0, 0.1) is 0 Å². The largest absolute Gasteiger partial charge is 0.345 e. The van der Waals surface area contributed by atoms with Crippen LogP contribution in [0.3, 0.4) is 0 Å². The predicted octanol–water partition coefficient (Wildman–Crippen LogP) is 1.87. The third-order valence-electron chi connectivity index (χ3n) is 0.287. The van der Waals surface area contributed by atoms with Gasteiger partial charge >= 0.3 is 5.97 Å². The molecule has 0 spiro atoms. The molecule has 0 atom stereocenters. The summed E-state index contributed by atoms with van der Waals surface area (Å²) in [7, 11) is 0. The maximum Gasteiger partial charge on any atom is 0.345 e. The van der Waals surface area contributed by atoms with Gasteiger partial charge in [-0.05, 0) is 6.08 Å². The van der Waals surface area contributed by atoms with Gasteiger partial charge in [0, 0.05) is 11.4 Å². The van der Waals surface area contributed by atoms with Crippen molar-refractivity contribution in [3.8, 4) is 0 Å². The summed E-state index contributed by atoms with van der Waals surface area (Å²) in [5.41, 5.74) is 0. The molecule has 0 aliphatic carbocycles. The summed E-state index contributed by atoms with van der Waals surface area (Å²) in [6.07, 6.45) is -1.77. The first-order valence-electron chi connectivity index (χ1n) is 2.24. The van der Waals surface area contributed by atoms with E-state index in [1.54, 1.807) is 0 Å². The number of alkyl halides is 2. The van der Waals surface area contributed by atoms with Crippen LogP contribution in [0.15, 0.2) is 12.7 Å². The van der Waals surface area contributed by atoms with E-state index in [1.807, 2.05) is 0 Å². The molecule has 0 amide bonds. The lowest BCUT2D eigenvalue weighted by atomic mass is 10.7. The molecule has 0 saturated carbocycles. The quantitative estimate of drug-likeness (QED) is 0.541. The third-order valence-corrected chi connectivity index (χ3v) is 0.287. The van der Waals surface area contributed by atoms with Crippen LogP contribution in [0.5, 0.6) is 0 Å². The van der Waals surface area contributed by atoms with E-state index in [9.17, 15) is 18.1 Å². The van der Waals surface area contributed by atoms with Crippen molar-refractivity contribution in [3.05, 3.63) is 12.7 Å². The van der Waals surface area contributed by atoms with E-state index in [1.165, 1.54) is 0 Å². The number of hydrogen-bond acceptors (Lipinski definition) is 2. The summed E-state index contributed by atoms with van der Waals surface area (Å²) in [6.45, 7) is 3.80. The molecule has 0 aromatic heterocycles. The van der Waals surface area contributed by atoms with Crippen molar-refractivity contribution in [2.45, 2.75) is 13.3 Å². The molecular weight excluding hydrogens is 149 g/mol. The zero-order chi connectivity index (χ0) is 8.57. The van der Waals surface area contributed by atoms with Crippen molar-refractivity contribution in [2.75, 3.05) is 0 Å². The zero-order valence-electron chi connectivity index (χ0n) is 5.31. The Morgan fingerprint density at radius 3 is 1.90 bits per heavy atom. The first-order chi connectivity index (χ1) is 4.54. The first kappa shape index (κ1) is 11.8.